The van der Waals surface area contributed by atoms with Gasteiger partial charge in [0, 0.05) is 38.9 Å². The van der Waals surface area contributed by atoms with Gasteiger partial charge in [0.2, 0.25) is 0 Å². The van der Waals surface area contributed by atoms with Crippen LogP contribution in [-0.2, 0) is 4.74 Å². The molecule has 0 atom stereocenters. The van der Waals surface area contributed by atoms with Crippen molar-refractivity contribution in [3.8, 4) is 0 Å². The van der Waals surface area contributed by atoms with Crippen LogP contribution in [0.15, 0.2) is 4.99 Å². The summed E-state index contributed by atoms with van der Waals surface area (Å²) in [5.41, 5.74) is 0.219. The van der Waals surface area contributed by atoms with Gasteiger partial charge in [-0.25, -0.2) is 0 Å². The number of hydrogen-bond acceptors (Lipinski definition) is 3. The quantitative estimate of drug-likeness (QED) is 0.568. The molecule has 0 aromatic rings. The van der Waals surface area contributed by atoms with Crippen molar-refractivity contribution in [1.82, 2.24) is 15.1 Å². The molecular formula is C22H42N4O. The molecule has 5 heteroatoms. The minimum Gasteiger partial charge on any atom is -0.381 e. The van der Waals surface area contributed by atoms with E-state index in [0.717, 1.165) is 63.5 Å². The van der Waals surface area contributed by atoms with E-state index in [1.165, 1.54) is 51.6 Å². The van der Waals surface area contributed by atoms with E-state index in [1.54, 1.807) is 0 Å². The van der Waals surface area contributed by atoms with Crippen LogP contribution in [0.4, 0.5) is 0 Å². The number of ether oxygens (including phenoxy) is 1. The van der Waals surface area contributed by atoms with Crippen molar-refractivity contribution in [3.63, 3.8) is 0 Å². The van der Waals surface area contributed by atoms with Gasteiger partial charge in [-0.2, -0.15) is 0 Å². The lowest BCUT2D eigenvalue weighted by atomic mass is 9.83. The van der Waals surface area contributed by atoms with Crippen molar-refractivity contribution in [3.05, 3.63) is 0 Å². The average Bonchev–Trinajstić information content (AvgIpc) is 3.23. The largest absolute Gasteiger partial charge is 0.381 e. The van der Waals surface area contributed by atoms with Gasteiger partial charge in [-0.15, -0.1) is 0 Å². The Labute approximate surface area is 166 Å². The third-order valence-corrected chi connectivity index (χ3v) is 7.09. The molecule has 0 aromatic carbocycles. The fourth-order valence-corrected chi connectivity index (χ4v) is 5.19. The van der Waals surface area contributed by atoms with Crippen molar-refractivity contribution in [2.75, 3.05) is 53.0 Å². The van der Waals surface area contributed by atoms with Crippen molar-refractivity contribution in [2.45, 2.75) is 70.8 Å². The monoisotopic (exact) mass is 378 g/mol. The number of likely N-dealkylation sites (tertiary alicyclic amines) is 1. The number of hydrogen-bond donors (Lipinski definition) is 1. The van der Waals surface area contributed by atoms with E-state index in [-0.39, 0.29) is 5.54 Å². The van der Waals surface area contributed by atoms with Crippen LogP contribution in [-0.4, -0.2) is 74.3 Å². The lowest BCUT2D eigenvalue weighted by Gasteiger charge is -2.44. The molecule has 0 spiro atoms. The Morgan fingerprint density at radius 2 is 1.81 bits per heavy atom. The number of nitrogens with zero attached hydrogens (tertiary/aromatic N) is 3. The maximum Gasteiger partial charge on any atom is 0.193 e. The molecule has 2 aliphatic heterocycles. The lowest BCUT2D eigenvalue weighted by Crippen LogP contribution is -2.54. The van der Waals surface area contributed by atoms with Gasteiger partial charge in [0.15, 0.2) is 5.96 Å². The molecule has 0 amide bonds. The highest BCUT2D eigenvalue weighted by Gasteiger charge is 2.39. The van der Waals surface area contributed by atoms with Gasteiger partial charge in [-0.05, 0) is 70.4 Å². The molecule has 2 heterocycles. The number of guanidine groups is 1. The summed E-state index contributed by atoms with van der Waals surface area (Å²) in [7, 11) is 2.23. The molecule has 1 aliphatic carbocycles. The maximum absolute atomic E-state index is 5.69. The molecule has 1 N–H and O–H groups in total. The zero-order valence-electron chi connectivity index (χ0n) is 18.0. The minimum absolute atomic E-state index is 0.219. The standard InChI is InChI=1S/C22H42N4O/c1-4-23-21(25(3)17-20-9-7-19(2)8-10-20)24-18-22(11-15-27-16-12-22)26-13-5-6-14-26/h19-20H,4-18H2,1-3H3,(H,23,24). The second-order valence-electron chi connectivity index (χ2n) is 9.21. The molecule has 3 fully saturated rings. The summed E-state index contributed by atoms with van der Waals surface area (Å²) in [5, 5.41) is 3.55. The second kappa shape index (κ2) is 10.1. The Morgan fingerprint density at radius 3 is 2.44 bits per heavy atom. The Bertz CT molecular complexity index is 461. The van der Waals surface area contributed by atoms with Crippen LogP contribution in [0, 0.1) is 11.8 Å². The van der Waals surface area contributed by atoms with Crippen LogP contribution in [0.5, 0.6) is 0 Å². The number of rotatable bonds is 6. The molecule has 0 unspecified atom stereocenters. The molecule has 156 valence electrons. The normalized spacial score (nSPS) is 29.7. The van der Waals surface area contributed by atoms with Gasteiger partial charge < -0.3 is 15.0 Å². The summed E-state index contributed by atoms with van der Waals surface area (Å²) < 4.78 is 5.69. The van der Waals surface area contributed by atoms with E-state index >= 15 is 0 Å². The molecule has 27 heavy (non-hydrogen) atoms. The predicted octanol–water partition coefficient (Wildman–Crippen LogP) is 3.36. The first kappa shape index (κ1) is 20.9. The van der Waals surface area contributed by atoms with Crippen LogP contribution in [0.3, 0.4) is 0 Å². The molecule has 0 bridgehead atoms. The highest BCUT2D eigenvalue weighted by Crippen LogP contribution is 2.32. The van der Waals surface area contributed by atoms with Crippen LogP contribution >= 0.6 is 0 Å². The zero-order valence-corrected chi connectivity index (χ0v) is 18.0. The average molecular weight is 379 g/mol. The van der Waals surface area contributed by atoms with Crippen LogP contribution in [0.1, 0.15) is 65.2 Å². The van der Waals surface area contributed by atoms with Gasteiger partial charge in [-0.1, -0.05) is 19.8 Å². The summed E-state index contributed by atoms with van der Waals surface area (Å²) in [5.74, 6) is 2.84. The molecule has 0 radical (unpaired) electrons. The predicted molar refractivity (Wildman–Crippen MR) is 113 cm³/mol. The van der Waals surface area contributed by atoms with Crippen molar-refractivity contribution in [2.24, 2.45) is 16.8 Å². The summed E-state index contributed by atoms with van der Waals surface area (Å²) in [6.07, 6.45) is 10.5. The molecular weight excluding hydrogens is 336 g/mol. The fraction of sp³-hybridized carbons (Fsp3) is 0.955. The van der Waals surface area contributed by atoms with E-state index in [0.29, 0.717) is 0 Å². The molecule has 3 aliphatic rings. The minimum atomic E-state index is 0.219. The smallest absolute Gasteiger partial charge is 0.193 e. The summed E-state index contributed by atoms with van der Waals surface area (Å²) in [6, 6.07) is 0. The van der Waals surface area contributed by atoms with E-state index in [2.05, 4.69) is 36.0 Å². The highest BCUT2D eigenvalue weighted by atomic mass is 16.5. The summed E-state index contributed by atoms with van der Waals surface area (Å²) in [4.78, 5) is 10.3. The first-order chi connectivity index (χ1) is 13.1. The molecule has 5 nitrogen and oxygen atoms in total. The van der Waals surface area contributed by atoms with Crippen molar-refractivity contribution < 1.29 is 4.74 Å². The summed E-state index contributed by atoms with van der Waals surface area (Å²) in [6.45, 7) is 11.8. The fourth-order valence-electron chi connectivity index (χ4n) is 5.19. The highest BCUT2D eigenvalue weighted by molar-refractivity contribution is 5.79. The van der Waals surface area contributed by atoms with Gasteiger partial charge in [0.05, 0.1) is 6.54 Å². The molecule has 0 aromatic heterocycles. The molecule has 2 saturated heterocycles. The third-order valence-electron chi connectivity index (χ3n) is 7.09. The van der Waals surface area contributed by atoms with Gasteiger partial charge in [0.1, 0.15) is 0 Å². The Morgan fingerprint density at radius 1 is 1.15 bits per heavy atom. The Hall–Kier alpha value is -0.810. The Balaban J connectivity index is 1.63. The SMILES string of the molecule is CCNC(=NCC1(N2CCCC2)CCOCC1)N(C)CC1CCC(C)CC1. The van der Waals surface area contributed by atoms with E-state index in [1.807, 2.05) is 0 Å². The van der Waals surface area contributed by atoms with Gasteiger partial charge in [0.25, 0.3) is 0 Å². The first-order valence-corrected chi connectivity index (χ1v) is 11.5. The van der Waals surface area contributed by atoms with E-state index < -0.39 is 0 Å². The second-order valence-corrected chi connectivity index (χ2v) is 9.21. The Kier molecular flexibility index (Phi) is 7.83. The van der Waals surface area contributed by atoms with E-state index in [9.17, 15) is 0 Å². The molecule has 3 rings (SSSR count). The van der Waals surface area contributed by atoms with Crippen LogP contribution in [0.2, 0.25) is 0 Å². The topological polar surface area (TPSA) is 40.1 Å². The number of aliphatic imine (C=N–C) groups is 1. The van der Waals surface area contributed by atoms with Crippen LogP contribution in [0.25, 0.3) is 0 Å². The van der Waals surface area contributed by atoms with Crippen molar-refractivity contribution >= 4 is 5.96 Å². The first-order valence-electron chi connectivity index (χ1n) is 11.5. The summed E-state index contributed by atoms with van der Waals surface area (Å²) >= 11 is 0. The van der Waals surface area contributed by atoms with Gasteiger partial charge in [-0.3, -0.25) is 9.89 Å². The zero-order chi connectivity index (χ0) is 19.1. The van der Waals surface area contributed by atoms with Crippen LogP contribution < -0.4 is 5.32 Å². The molecule has 1 saturated carbocycles. The van der Waals surface area contributed by atoms with Crippen molar-refractivity contribution in [1.29, 1.82) is 0 Å². The van der Waals surface area contributed by atoms with Gasteiger partial charge >= 0.3 is 0 Å². The van der Waals surface area contributed by atoms with E-state index in [4.69, 9.17) is 9.73 Å². The maximum atomic E-state index is 5.69. The number of nitrogens with one attached hydrogen (secondary N) is 1. The lowest BCUT2D eigenvalue weighted by molar-refractivity contribution is -0.0139. The third kappa shape index (κ3) is 5.60.